The van der Waals surface area contributed by atoms with E-state index in [1.165, 1.54) is 13.3 Å². The second kappa shape index (κ2) is 12.4. The SMILES string of the molecule is CCOc1ccc(NC(=O)C(=O)N/N=C/c2cc(Br)c(OCc3ccccc3)c(OC)c2)cc1. The third-order valence-corrected chi connectivity index (χ3v) is 5.08. The van der Waals surface area contributed by atoms with Crippen LogP contribution in [0.4, 0.5) is 5.69 Å². The zero-order chi connectivity index (χ0) is 24.3. The van der Waals surface area contributed by atoms with Gasteiger partial charge in [0, 0.05) is 5.69 Å². The molecule has 0 aliphatic rings. The molecule has 3 rings (SSSR count). The molecule has 0 aliphatic heterocycles. The van der Waals surface area contributed by atoms with Gasteiger partial charge in [-0.15, -0.1) is 0 Å². The monoisotopic (exact) mass is 525 g/mol. The van der Waals surface area contributed by atoms with Crippen molar-refractivity contribution in [3.63, 3.8) is 0 Å². The van der Waals surface area contributed by atoms with E-state index in [4.69, 9.17) is 14.2 Å². The molecule has 0 unspecified atom stereocenters. The third kappa shape index (κ3) is 7.08. The van der Waals surface area contributed by atoms with Crippen LogP contribution >= 0.6 is 15.9 Å². The Morgan fingerprint density at radius 2 is 1.74 bits per heavy atom. The topological polar surface area (TPSA) is 98.2 Å². The number of hydrogen-bond acceptors (Lipinski definition) is 6. The predicted molar refractivity (Wildman–Crippen MR) is 133 cm³/mol. The Morgan fingerprint density at radius 3 is 2.41 bits per heavy atom. The van der Waals surface area contributed by atoms with Gasteiger partial charge in [0.2, 0.25) is 0 Å². The fourth-order valence-corrected chi connectivity index (χ4v) is 3.46. The van der Waals surface area contributed by atoms with Crippen molar-refractivity contribution >= 4 is 39.6 Å². The Kier molecular flexibility index (Phi) is 9.04. The summed E-state index contributed by atoms with van der Waals surface area (Å²) in [5, 5.41) is 6.36. The van der Waals surface area contributed by atoms with Crippen molar-refractivity contribution in [3.05, 3.63) is 82.3 Å². The van der Waals surface area contributed by atoms with Gasteiger partial charge in [0.05, 0.1) is 24.4 Å². The Labute approximate surface area is 206 Å². The van der Waals surface area contributed by atoms with Gasteiger partial charge in [-0.3, -0.25) is 9.59 Å². The normalized spacial score (nSPS) is 10.6. The molecule has 8 nitrogen and oxygen atoms in total. The maximum atomic E-state index is 12.1. The number of benzene rings is 3. The van der Waals surface area contributed by atoms with E-state index in [1.807, 2.05) is 37.3 Å². The predicted octanol–water partition coefficient (Wildman–Crippen LogP) is 4.52. The Morgan fingerprint density at radius 1 is 1.00 bits per heavy atom. The molecule has 0 atom stereocenters. The standard InChI is InChI=1S/C25H24BrN3O5/c1-3-33-20-11-9-19(10-12-20)28-24(30)25(31)29-27-15-18-13-21(26)23(22(14-18)32-2)34-16-17-7-5-4-6-8-17/h4-15H,3,16H2,1-2H3,(H,28,30)(H,29,31)/b27-15+. The molecule has 2 N–H and O–H groups in total. The van der Waals surface area contributed by atoms with Crippen LogP contribution in [-0.2, 0) is 16.2 Å². The molecular weight excluding hydrogens is 502 g/mol. The highest BCUT2D eigenvalue weighted by Crippen LogP contribution is 2.36. The lowest BCUT2D eigenvalue weighted by atomic mass is 10.2. The number of halogens is 1. The molecule has 2 amide bonds. The maximum absolute atomic E-state index is 12.1. The Hall–Kier alpha value is -3.85. The first-order chi connectivity index (χ1) is 16.5. The number of amides is 2. The van der Waals surface area contributed by atoms with Gasteiger partial charge in [-0.25, -0.2) is 5.43 Å². The molecule has 0 spiro atoms. The second-order valence-electron chi connectivity index (χ2n) is 6.92. The number of ether oxygens (including phenoxy) is 3. The van der Waals surface area contributed by atoms with Gasteiger partial charge >= 0.3 is 11.8 Å². The van der Waals surface area contributed by atoms with Gasteiger partial charge in [-0.1, -0.05) is 30.3 Å². The number of carbonyl (C=O) groups excluding carboxylic acids is 2. The van der Waals surface area contributed by atoms with E-state index in [2.05, 4.69) is 31.8 Å². The van der Waals surface area contributed by atoms with Gasteiger partial charge in [-0.05, 0) is 70.4 Å². The average Bonchev–Trinajstić information content (AvgIpc) is 2.85. The summed E-state index contributed by atoms with van der Waals surface area (Å²) < 4.78 is 17.3. The molecule has 3 aromatic carbocycles. The lowest BCUT2D eigenvalue weighted by Gasteiger charge is -2.13. The van der Waals surface area contributed by atoms with Gasteiger partial charge in [0.1, 0.15) is 12.4 Å². The van der Waals surface area contributed by atoms with Crippen LogP contribution in [0.5, 0.6) is 17.2 Å². The summed E-state index contributed by atoms with van der Waals surface area (Å²) in [6.07, 6.45) is 1.40. The summed E-state index contributed by atoms with van der Waals surface area (Å²) in [5.74, 6) is -0.0371. The number of rotatable bonds is 9. The van der Waals surface area contributed by atoms with E-state index in [0.717, 1.165) is 5.56 Å². The van der Waals surface area contributed by atoms with Crippen molar-refractivity contribution < 1.29 is 23.8 Å². The lowest BCUT2D eigenvalue weighted by Crippen LogP contribution is -2.32. The summed E-state index contributed by atoms with van der Waals surface area (Å²) in [5.41, 5.74) is 4.32. The van der Waals surface area contributed by atoms with Gasteiger partial charge in [0.25, 0.3) is 0 Å². The van der Waals surface area contributed by atoms with Gasteiger partial charge < -0.3 is 19.5 Å². The van der Waals surface area contributed by atoms with Crippen LogP contribution in [0.3, 0.4) is 0 Å². The minimum atomic E-state index is -0.904. The van der Waals surface area contributed by atoms with E-state index in [1.54, 1.807) is 36.4 Å². The molecule has 0 fully saturated rings. The number of hydrazone groups is 1. The summed E-state index contributed by atoms with van der Waals surface area (Å²) in [4.78, 5) is 24.1. The molecule has 34 heavy (non-hydrogen) atoms. The first-order valence-corrected chi connectivity index (χ1v) is 11.2. The van der Waals surface area contributed by atoms with Crippen LogP contribution in [-0.4, -0.2) is 31.7 Å². The number of hydrogen-bond donors (Lipinski definition) is 2. The summed E-state index contributed by atoms with van der Waals surface area (Å²) in [6.45, 7) is 2.80. The number of nitrogens with zero attached hydrogens (tertiary/aromatic N) is 1. The Balaban J connectivity index is 1.58. The first kappa shape index (κ1) is 24.8. The van der Waals surface area contributed by atoms with Crippen molar-refractivity contribution in [2.24, 2.45) is 5.10 Å². The van der Waals surface area contributed by atoms with Crippen LogP contribution in [0.25, 0.3) is 0 Å². The Bertz CT molecular complexity index is 1150. The minimum Gasteiger partial charge on any atom is -0.494 e. The van der Waals surface area contributed by atoms with E-state index >= 15 is 0 Å². The summed E-state index contributed by atoms with van der Waals surface area (Å²) >= 11 is 3.48. The number of methoxy groups -OCH3 is 1. The zero-order valence-electron chi connectivity index (χ0n) is 18.7. The highest BCUT2D eigenvalue weighted by atomic mass is 79.9. The van der Waals surface area contributed by atoms with Crippen LogP contribution < -0.4 is 25.0 Å². The van der Waals surface area contributed by atoms with Crippen molar-refractivity contribution in [2.75, 3.05) is 19.0 Å². The number of carbonyl (C=O) groups is 2. The van der Waals surface area contributed by atoms with Crippen LogP contribution in [0, 0.1) is 0 Å². The average molecular weight is 526 g/mol. The third-order valence-electron chi connectivity index (χ3n) is 4.49. The highest BCUT2D eigenvalue weighted by Gasteiger charge is 2.14. The fraction of sp³-hybridized carbons (Fsp3) is 0.160. The van der Waals surface area contributed by atoms with Crippen LogP contribution in [0.2, 0.25) is 0 Å². The van der Waals surface area contributed by atoms with Crippen molar-refractivity contribution in [2.45, 2.75) is 13.5 Å². The number of nitrogens with one attached hydrogen (secondary N) is 2. The minimum absolute atomic E-state index is 0.378. The van der Waals surface area contributed by atoms with Crippen LogP contribution in [0.1, 0.15) is 18.1 Å². The van der Waals surface area contributed by atoms with Crippen LogP contribution in [0.15, 0.2) is 76.3 Å². The van der Waals surface area contributed by atoms with Crippen molar-refractivity contribution in [3.8, 4) is 17.2 Å². The molecule has 0 aliphatic carbocycles. The molecule has 3 aromatic rings. The summed E-state index contributed by atoms with van der Waals surface area (Å²) in [6, 6.07) is 19.9. The molecular formula is C25H24BrN3O5. The van der Waals surface area contributed by atoms with E-state index in [9.17, 15) is 9.59 Å². The van der Waals surface area contributed by atoms with E-state index < -0.39 is 11.8 Å². The highest BCUT2D eigenvalue weighted by molar-refractivity contribution is 9.10. The van der Waals surface area contributed by atoms with Gasteiger partial charge in [-0.2, -0.15) is 5.10 Å². The molecule has 0 bridgehead atoms. The quantitative estimate of drug-likeness (QED) is 0.243. The molecule has 9 heteroatoms. The lowest BCUT2D eigenvalue weighted by molar-refractivity contribution is -0.136. The molecule has 0 heterocycles. The second-order valence-corrected chi connectivity index (χ2v) is 7.77. The van der Waals surface area contributed by atoms with E-state index in [0.29, 0.717) is 46.2 Å². The van der Waals surface area contributed by atoms with Crippen molar-refractivity contribution in [1.29, 1.82) is 0 Å². The zero-order valence-corrected chi connectivity index (χ0v) is 20.3. The smallest absolute Gasteiger partial charge is 0.329 e. The summed E-state index contributed by atoms with van der Waals surface area (Å²) in [7, 11) is 1.53. The largest absolute Gasteiger partial charge is 0.494 e. The number of anilines is 1. The molecule has 0 saturated carbocycles. The molecule has 176 valence electrons. The van der Waals surface area contributed by atoms with Crippen molar-refractivity contribution in [1.82, 2.24) is 5.43 Å². The first-order valence-electron chi connectivity index (χ1n) is 10.4. The van der Waals surface area contributed by atoms with Gasteiger partial charge in [0.15, 0.2) is 11.5 Å². The maximum Gasteiger partial charge on any atom is 0.329 e. The van der Waals surface area contributed by atoms with E-state index in [-0.39, 0.29) is 0 Å². The molecule has 0 radical (unpaired) electrons. The fourth-order valence-electron chi connectivity index (χ4n) is 2.89. The molecule has 0 saturated heterocycles. The molecule has 0 aromatic heterocycles.